The van der Waals surface area contributed by atoms with Gasteiger partial charge in [-0.1, -0.05) is 16.6 Å². The lowest BCUT2D eigenvalue weighted by molar-refractivity contribution is -0.396. The zero-order chi connectivity index (χ0) is 16.4. The van der Waals surface area contributed by atoms with Gasteiger partial charge < -0.3 is 10.1 Å². The summed E-state index contributed by atoms with van der Waals surface area (Å²) in [7, 11) is 1.55. The fourth-order valence-electron chi connectivity index (χ4n) is 2.09. The summed E-state index contributed by atoms with van der Waals surface area (Å²) in [6, 6.07) is 7.15. The number of nitrogens with one attached hydrogen (secondary N) is 1. The highest BCUT2D eigenvalue weighted by atomic mass is 35.5. The van der Waals surface area contributed by atoms with Crippen LogP contribution in [0.2, 0.25) is 5.02 Å². The van der Waals surface area contributed by atoms with Crippen molar-refractivity contribution in [3.05, 3.63) is 57.5 Å². The second-order valence-electron chi connectivity index (χ2n) is 4.69. The van der Waals surface area contributed by atoms with Crippen LogP contribution in [0.1, 0.15) is 5.69 Å². The number of rotatable bonds is 4. The highest BCUT2D eigenvalue weighted by Crippen LogP contribution is 2.24. The first-order valence-corrected chi connectivity index (χ1v) is 6.93. The molecule has 9 heteroatoms. The van der Waals surface area contributed by atoms with Crippen LogP contribution in [-0.4, -0.2) is 25.7 Å². The predicted molar refractivity (Wildman–Crippen MR) is 87.8 cm³/mol. The molecule has 0 aliphatic carbocycles. The molecule has 3 rings (SSSR count). The Morgan fingerprint density at radius 3 is 2.96 bits per heavy atom. The summed E-state index contributed by atoms with van der Waals surface area (Å²) in [5.74, 6) is -0.240. The molecular formula is C14H11ClN6O2. The molecule has 2 heterocycles. The van der Waals surface area contributed by atoms with E-state index in [9.17, 15) is 10.1 Å². The molecule has 1 aromatic carbocycles. The average molecular weight is 331 g/mol. The number of hydrazone groups is 1. The van der Waals surface area contributed by atoms with E-state index in [1.54, 1.807) is 31.4 Å². The van der Waals surface area contributed by atoms with Gasteiger partial charge in [-0.05, 0) is 29.2 Å². The number of pyridine rings is 1. The molecule has 8 nitrogen and oxygen atoms in total. The van der Waals surface area contributed by atoms with Gasteiger partial charge in [0.25, 0.3) is 0 Å². The molecule has 0 aliphatic heterocycles. The van der Waals surface area contributed by atoms with Gasteiger partial charge in [-0.3, -0.25) is 10.4 Å². The smallest absolute Gasteiger partial charge is 0.390 e. The first-order valence-electron chi connectivity index (χ1n) is 6.55. The van der Waals surface area contributed by atoms with E-state index in [4.69, 9.17) is 11.6 Å². The molecular weight excluding hydrogens is 320 g/mol. The summed E-state index contributed by atoms with van der Waals surface area (Å²) >= 11 is 5.95. The lowest BCUT2D eigenvalue weighted by Crippen LogP contribution is -2.02. The molecule has 2 aromatic heterocycles. The zero-order valence-electron chi connectivity index (χ0n) is 12.0. The third-order valence-electron chi connectivity index (χ3n) is 3.25. The number of benzene rings is 1. The number of hydrogen-bond donors (Lipinski definition) is 1. The standard InChI is InChI=1S/C14H11ClN6O2/c1-20-10(7-17-14(20)21(22)23)8-18-19-12-4-5-16-13-6-9(15)2-3-11(12)13/h2-8H,1H3,(H,16,19)/b18-8+. The first-order chi connectivity index (χ1) is 11.1. The minimum absolute atomic E-state index is 0.240. The van der Waals surface area contributed by atoms with Gasteiger partial charge in [-0.25, -0.2) is 4.57 Å². The Hall–Kier alpha value is -3.00. The largest absolute Gasteiger partial charge is 0.434 e. The van der Waals surface area contributed by atoms with Crippen LogP contribution in [0.5, 0.6) is 0 Å². The van der Waals surface area contributed by atoms with E-state index in [2.05, 4.69) is 20.5 Å². The fraction of sp³-hybridized carbons (Fsp3) is 0.0714. The Morgan fingerprint density at radius 2 is 2.22 bits per heavy atom. The Balaban J connectivity index is 1.85. The number of nitro groups is 1. The second kappa shape index (κ2) is 6.01. The maximum atomic E-state index is 10.7. The molecule has 116 valence electrons. The SMILES string of the molecule is Cn1c(/C=N/Nc2ccnc3cc(Cl)ccc23)cnc1[N+](=O)[O-]. The Morgan fingerprint density at radius 1 is 1.39 bits per heavy atom. The van der Waals surface area contributed by atoms with Crippen LogP contribution >= 0.6 is 11.6 Å². The maximum Gasteiger partial charge on any atom is 0.434 e. The molecule has 0 saturated carbocycles. The molecule has 0 spiro atoms. The van der Waals surface area contributed by atoms with Gasteiger partial charge in [0.15, 0.2) is 5.69 Å². The van der Waals surface area contributed by atoms with E-state index >= 15 is 0 Å². The lowest BCUT2D eigenvalue weighted by atomic mass is 10.2. The van der Waals surface area contributed by atoms with Crippen molar-refractivity contribution < 1.29 is 4.92 Å². The number of nitrogens with zero attached hydrogens (tertiary/aromatic N) is 5. The molecule has 0 amide bonds. The maximum absolute atomic E-state index is 10.7. The van der Waals surface area contributed by atoms with E-state index in [0.29, 0.717) is 10.7 Å². The minimum Gasteiger partial charge on any atom is -0.390 e. The summed E-state index contributed by atoms with van der Waals surface area (Å²) in [6.45, 7) is 0. The highest BCUT2D eigenvalue weighted by molar-refractivity contribution is 6.31. The highest BCUT2D eigenvalue weighted by Gasteiger charge is 2.15. The zero-order valence-corrected chi connectivity index (χ0v) is 12.7. The van der Waals surface area contributed by atoms with E-state index < -0.39 is 4.92 Å². The minimum atomic E-state index is -0.551. The van der Waals surface area contributed by atoms with E-state index in [-0.39, 0.29) is 5.95 Å². The van der Waals surface area contributed by atoms with Gasteiger partial charge in [0.2, 0.25) is 0 Å². The van der Waals surface area contributed by atoms with E-state index in [1.807, 2.05) is 6.07 Å². The van der Waals surface area contributed by atoms with Gasteiger partial charge in [-0.2, -0.15) is 5.10 Å². The number of imidazole rings is 1. The normalized spacial score (nSPS) is 11.2. The number of anilines is 1. The van der Waals surface area contributed by atoms with Crippen molar-refractivity contribution in [2.75, 3.05) is 5.43 Å². The molecule has 0 fully saturated rings. The average Bonchev–Trinajstić information content (AvgIpc) is 2.88. The van der Waals surface area contributed by atoms with Crippen molar-refractivity contribution in [1.29, 1.82) is 0 Å². The fourth-order valence-corrected chi connectivity index (χ4v) is 2.26. The van der Waals surface area contributed by atoms with Crippen molar-refractivity contribution in [1.82, 2.24) is 14.5 Å². The number of fused-ring (bicyclic) bond motifs is 1. The van der Waals surface area contributed by atoms with Gasteiger partial charge in [0, 0.05) is 16.6 Å². The van der Waals surface area contributed by atoms with Gasteiger partial charge in [0.1, 0.15) is 6.20 Å². The molecule has 3 aromatic rings. The van der Waals surface area contributed by atoms with Crippen LogP contribution in [0.3, 0.4) is 0 Å². The van der Waals surface area contributed by atoms with Crippen molar-refractivity contribution >= 4 is 40.4 Å². The monoisotopic (exact) mass is 330 g/mol. The number of hydrogen-bond acceptors (Lipinski definition) is 6. The summed E-state index contributed by atoms with van der Waals surface area (Å²) in [6.07, 6.45) is 4.49. The summed E-state index contributed by atoms with van der Waals surface area (Å²) < 4.78 is 1.34. The van der Waals surface area contributed by atoms with Crippen LogP contribution in [0.25, 0.3) is 10.9 Å². The molecule has 0 aliphatic rings. The molecule has 23 heavy (non-hydrogen) atoms. The number of halogens is 1. The summed E-state index contributed by atoms with van der Waals surface area (Å²) in [5, 5.41) is 16.3. The Bertz CT molecular complexity index is 921. The third-order valence-corrected chi connectivity index (χ3v) is 3.48. The van der Waals surface area contributed by atoms with Crippen LogP contribution in [-0.2, 0) is 7.05 Å². The molecule has 0 radical (unpaired) electrons. The first kappa shape index (κ1) is 14.9. The van der Waals surface area contributed by atoms with Crippen molar-refractivity contribution in [2.45, 2.75) is 0 Å². The number of aromatic nitrogens is 3. The second-order valence-corrected chi connectivity index (χ2v) is 5.13. The molecule has 0 unspecified atom stereocenters. The summed E-state index contributed by atoms with van der Waals surface area (Å²) in [4.78, 5) is 18.2. The Kier molecular flexibility index (Phi) is 3.90. The van der Waals surface area contributed by atoms with Gasteiger partial charge >= 0.3 is 5.95 Å². The van der Waals surface area contributed by atoms with Crippen LogP contribution in [0, 0.1) is 10.1 Å². The van der Waals surface area contributed by atoms with Crippen molar-refractivity contribution in [3.8, 4) is 0 Å². The quantitative estimate of drug-likeness (QED) is 0.450. The van der Waals surface area contributed by atoms with E-state index in [0.717, 1.165) is 16.6 Å². The van der Waals surface area contributed by atoms with Gasteiger partial charge in [-0.15, -0.1) is 0 Å². The Labute approximate surface area is 135 Å². The van der Waals surface area contributed by atoms with Crippen molar-refractivity contribution in [2.24, 2.45) is 12.1 Å². The van der Waals surface area contributed by atoms with Crippen LogP contribution in [0.4, 0.5) is 11.6 Å². The molecule has 0 bridgehead atoms. The van der Waals surface area contributed by atoms with Gasteiger partial charge in [0.05, 0.1) is 24.5 Å². The summed E-state index contributed by atoms with van der Waals surface area (Å²) in [5.41, 5.74) is 4.90. The van der Waals surface area contributed by atoms with Crippen LogP contribution in [0.15, 0.2) is 41.8 Å². The molecule has 0 saturated heterocycles. The van der Waals surface area contributed by atoms with Crippen molar-refractivity contribution in [3.63, 3.8) is 0 Å². The topological polar surface area (TPSA) is 98.2 Å². The molecule has 0 atom stereocenters. The van der Waals surface area contributed by atoms with Crippen LogP contribution < -0.4 is 5.43 Å². The molecule has 1 N–H and O–H groups in total. The predicted octanol–water partition coefficient (Wildman–Crippen LogP) is 2.98. The third kappa shape index (κ3) is 2.97. The lowest BCUT2D eigenvalue weighted by Gasteiger charge is -2.05. The van der Waals surface area contributed by atoms with E-state index in [1.165, 1.54) is 17.0 Å².